The average molecular weight is 337 g/mol. The summed E-state index contributed by atoms with van der Waals surface area (Å²) in [5.41, 5.74) is 0.308. The molecule has 0 saturated heterocycles. The van der Waals surface area contributed by atoms with Gasteiger partial charge in [-0.1, -0.05) is 31.5 Å². The monoisotopic (exact) mass is 336 g/mol. The minimum Gasteiger partial charge on any atom is -0.348 e. The molecule has 118 valence electrons. The van der Waals surface area contributed by atoms with E-state index in [0.717, 1.165) is 6.26 Å². The Kier molecular flexibility index (Phi) is 6.12. The van der Waals surface area contributed by atoms with Crippen molar-refractivity contribution in [3.05, 3.63) is 34.6 Å². The van der Waals surface area contributed by atoms with Crippen molar-refractivity contribution < 1.29 is 17.6 Å². The van der Waals surface area contributed by atoms with Gasteiger partial charge in [0.1, 0.15) is 5.82 Å². The highest BCUT2D eigenvalue weighted by molar-refractivity contribution is 7.88. The van der Waals surface area contributed by atoms with Crippen LogP contribution in [0.1, 0.15) is 25.5 Å². The van der Waals surface area contributed by atoms with Crippen LogP contribution in [0.2, 0.25) is 5.02 Å². The lowest BCUT2D eigenvalue weighted by molar-refractivity contribution is -0.121. The Hall–Kier alpha value is -1.18. The van der Waals surface area contributed by atoms with Crippen molar-refractivity contribution in [3.63, 3.8) is 0 Å². The number of nitrogens with one attached hydrogen (secondary N) is 2. The molecule has 21 heavy (non-hydrogen) atoms. The summed E-state index contributed by atoms with van der Waals surface area (Å²) in [4.78, 5) is 11.8. The molecule has 0 aliphatic carbocycles. The van der Waals surface area contributed by atoms with Crippen LogP contribution in [0, 0.1) is 11.7 Å². The Bertz CT molecular complexity index is 620. The predicted molar refractivity (Wildman–Crippen MR) is 80.0 cm³/mol. The van der Waals surface area contributed by atoms with Gasteiger partial charge in [0.2, 0.25) is 15.9 Å². The zero-order valence-electron chi connectivity index (χ0n) is 12.0. The van der Waals surface area contributed by atoms with Gasteiger partial charge in [0, 0.05) is 10.6 Å². The molecule has 0 spiro atoms. The van der Waals surface area contributed by atoms with E-state index >= 15 is 0 Å². The zero-order valence-corrected chi connectivity index (χ0v) is 13.6. The number of carbonyl (C=O) groups is 1. The van der Waals surface area contributed by atoms with Crippen molar-refractivity contribution in [2.45, 2.75) is 19.9 Å². The van der Waals surface area contributed by atoms with Crippen molar-refractivity contribution in [1.82, 2.24) is 10.0 Å². The Morgan fingerprint density at radius 3 is 2.48 bits per heavy atom. The molecule has 0 unspecified atom stereocenters. The summed E-state index contributed by atoms with van der Waals surface area (Å²) in [5, 5.41) is 2.88. The van der Waals surface area contributed by atoms with Crippen LogP contribution >= 0.6 is 11.6 Å². The van der Waals surface area contributed by atoms with Gasteiger partial charge >= 0.3 is 0 Å². The Morgan fingerprint density at radius 1 is 1.38 bits per heavy atom. The molecule has 1 rings (SSSR count). The van der Waals surface area contributed by atoms with Gasteiger partial charge in [-0.15, -0.1) is 0 Å². The number of sulfonamides is 1. The number of rotatable bonds is 6. The fourth-order valence-electron chi connectivity index (χ4n) is 1.78. The third-order valence-corrected chi connectivity index (χ3v) is 3.68. The summed E-state index contributed by atoms with van der Waals surface area (Å²) in [6, 6.07) is 3.65. The number of amides is 1. The van der Waals surface area contributed by atoms with Gasteiger partial charge < -0.3 is 5.32 Å². The molecule has 1 atom stereocenters. The summed E-state index contributed by atoms with van der Waals surface area (Å²) in [6.07, 6.45) is 0.957. The number of hydrogen-bond acceptors (Lipinski definition) is 3. The second-order valence-electron chi connectivity index (χ2n) is 5.05. The molecule has 2 N–H and O–H groups in total. The van der Waals surface area contributed by atoms with E-state index < -0.39 is 34.3 Å². The smallest absolute Gasteiger partial charge is 0.235 e. The highest BCUT2D eigenvalue weighted by Crippen LogP contribution is 2.26. The lowest BCUT2D eigenvalue weighted by atomic mass is 9.95. The van der Waals surface area contributed by atoms with Gasteiger partial charge in [0.25, 0.3) is 0 Å². The van der Waals surface area contributed by atoms with E-state index in [1.165, 1.54) is 18.2 Å². The van der Waals surface area contributed by atoms with Gasteiger partial charge in [-0.25, -0.2) is 17.5 Å². The van der Waals surface area contributed by atoms with E-state index in [1.807, 2.05) is 13.8 Å². The van der Waals surface area contributed by atoms with Crippen LogP contribution in [0.3, 0.4) is 0 Å². The molecule has 0 heterocycles. The van der Waals surface area contributed by atoms with Crippen LogP contribution in [-0.4, -0.2) is 27.1 Å². The highest BCUT2D eigenvalue weighted by atomic mass is 35.5. The molecule has 1 amide bonds. The van der Waals surface area contributed by atoms with Gasteiger partial charge in [-0.3, -0.25) is 4.79 Å². The summed E-state index contributed by atoms with van der Waals surface area (Å²) in [7, 11) is -3.46. The minimum absolute atomic E-state index is 0.0807. The van der Waals surface area contributed by atoms with E-state index in [0.29, 0.717) is 5.56 Å². The summed E-state index contributed by atoms with van der Waals surface area (Å²) in [6.45, 7) is 3.25. The summed E-state index contributed by atoms with van der Waals surface area (Å²) < 4.78 is 37.9. The van der Waals surface area contributed by atoms with E-state index in [-0.39, 0.29) is 10.9 Å². The maximum atomic E-state index is 13.9. The van der Waals surface area contributed by atoms with E-state index in [1.54, 1.807) is 0 Å². The molecule has 0 bridgehead atoms. The maximum absolute atomic E-state index is 13.9. The number of benzene rings is 1. The molecule has 0 aliphatic rings. The van der Waals surface area contributed by atoms with Crippen LogP contribution in [-0.2, 0) is 14.8 Å². The van der Waals surface area contributed by atoms with Crippen molar-refractivity contribution in [2.24, 2.45) is 5.92 Å². The number of carbonyl (C=O) groups excluding carboxylic acids is 1. The first-order valence-electron chi connectivity index (χ1n) is 6.29. The molecule has 0 aliphatic heterocycles. The molecule has 8 heteroatoms. The standard InChI is InChI=1S/C13H18ClFN2O3S/c1-8(2)13(10-5-4-9(14)6-11(10)15)17-12(18)7-16-21(3,19)20/h4-6,8,13,16H,7H2,1-3H3,(H,17,18)/t13-/m0/s1. The second kappa shape index (κ2) is 7.20. The van der Waals surface area contributed by atoms with E-state index in [2.05, 4.69) is 10.0 Å². The molecule has 0 radical (unpaired) electrons. The molecule has 0 fully saturated rings. The van der Waals surface area contributed by atoms with Crippen molar-refractivity contribution >= 4 is 27.5 Å². The Morgan fingerprint density at radius 2 is 2.00 bits per heavy atom. The molecular weight excluding hydrogens is 319 g/mol. The number of halogens is 2. The summed E-state index contributed by atoms with van der Waals surface area (Å²) >= 11 is 5.70. The van der Waals surface area contributed by atoms with Crippen LogP contribution < -0.4 is 10.0 Å². The first-order valence-corrected chi connectivity index (χ1v) is 8.56. The first-order chi connectivity index (χ1) is 9.60. The van der Waals surface area contributed by atoms with Crippen LogP contribution in [0.25, 0.3) is 0 Å². The zero-order chi connectivity index (χ0) is 16.2. The highest BCUT2D eigenvalue weighted by Gasteiger charge is 2.22. The van der Waals surface area contributed by atoms with E-state index in [4.69, 9.17) is 11.6 Å². The third-order valence-electron chi connectivity index (χ3n) is 2.78. The Labute approximate surface area is 128 Å². The fourth-order valence-corrected chi connectivity index (χ4v) is 2.33. The average Bonchev–Trinajstić information content (AvgIpc) is 2.33. The quantitative estimate of drug-likeness (QED) is 0.832. The Balaban J connectivity index is 2.85. The molecule has 0 aromatic heterocycles. The van der Waals surface area contributed by atoms with Crippen LogP contribution in [0.4, 0.5) is 4.39 Å². The van der Waals surface area contributed by atoms with Crippen molar-refractivity contribution in [3.8, 4) is 0 Å². The SMILES string of the molecule is CC(C)[C@H](NC(=O)CNS(C)(=O)=O)c1ccc(Cl)cc1F. The minimum atomic E-state index is -3.46. The predicted octanol–water partition coefficient (Wildman–Crippen LogP) is 1.84. The summed E-state index contributed by atoms with van der Waals surface area (Å²) in [5.74, 6) is -1.13. The normalized spacial score (nSPS) is 13.2. The molecule has 0 saturated carbocycles. The molecule has 1 aromatic carbocycles. The third kappa shape index (κ3) is 5.99. The van der Waals surface area contributed by atoms with Crippen LogP contribution in [0.5, 0.6) is 0 Å². The molecular formula is C13H18ClFN2O3S. The topological polar surface area (TPSA) is 75.3 Å². The maximum Gasteiger partial charge on any atom is 0.235 e. The molecule has 5 nitrogen and oxygen atoms in total. The van der Waals surface area contributed by atoms with Crippen molar-refractivity contribution in [1.29, 1.82) is 0 Å². The van der Waals surface area contributed by atoms with Gasteiger partial charge in [0.15, 0.2) is 0 Å². The van der Waals surface area contributed by atoms with E-state index in [9.17, 15) is 17.6 Å². The first kappa shape index (κ1) is 17.9. The number of hydrogen-bond donors (Lipinski definition) is 2. The van der Waals surface area contributed by atoms with Gasteiger partial charge in [0.05, 0.1) is 18.8 Å². The molecule has 1 aromatic rings. The fraction of sp³-hybridized carbons (Fsp3) is 0.462. The van der Waals surface area contributed by atoms with Crippen LogP contribution in [0.15, 0.2) is 18.2 Å². The van der Waals surface area contributed by atoms with Crippen molar-refractivity contribution in [2.75, 3.05) is 12.8 Å². The second-order valence-corrected chi connectivity index (χ2v) is 7.32. The lowest BCUT2D eigenvalue weighted by Gasteiger charge is -2.23. The van der Waals surface area contributed by atoms with Gasteiger partial charge in [-0.05, 0) is 18.1 Å². The lowest BCUT2D eigenvalue weighted by Crippen LogP contribution is -2.40. The largest absolute Gasteiger partial charge is 0.348 e. The van der Waals surface area contributed by atoms with Gasteiger partial charge in [-0.2, -0.15) is 0 Å².